The van der Waals surface area contributed by atoms with Gasteiger partial charge in [-0.25, -0.2) is 0 Å². The summed E-state index contributed by atoms with van der Waals surface area (Å²) in [6, 6.07) is 0. The summed E-state index contributed by atoms with van der Waals surface area (Å²) < 4.78 is 0. The number of unbranched alkanes of at least 4 members (excludes halogenated alkanes) is 1. The van der Waals surface area contributed by atoms with E-state index in [4.69, 9.17) is 5.11 Å². The zero-order valence-corrected chi connectivity index (χ0v) is 13.5. The van der Waals surface area contributed by atoms with E-state index in [2.05, 4.69) is 6.92 Å². The van der Waals surface area contributed by atoms with E-state index >= 15 is 0 Å². The number of carboxylic acids is 2. The zero-order chi connectivity index (χ0) is 16.0. The molecule has 4 heteroatoms. The zero-order valence-electron chi connectivity index (χ0n) is 13.5. The van der Waals surface area contributed by atoms with Crippen LogP contribution >= 0.6 is 0 Å². The van der Waals surface area contributed by atoms with Crippen LogP contribution < -0.4 is 0 Å². The standard InChI is InChI=1S/C16H30O4/c1-6-7-8-16(5,14(19)20)10-12(2)9-15(3,4)11-13(17)18/h12H,6-11H2,1-5H3,(H,17,18)(H,19,20). The highest BCUT2D eigenvalue weighted by atomic mass is 16.4. The minimum Gasteiger partial charge on any atom is -0.481 e. The molecule has 0 saturated carbocycles. The highest BCUT2D eigenvalue weighted by Crippen LogP contribution is 2.38. The van der Waals surface area contributed by atoms with E-state index in [0.29, 0.717) is 12.8 Å². The summed E-state index contributed by atoms with van der Waals surface area (Å²) in [5.41, 5.74) is -0.996. The minimum atomic E-state index is -0.797. The van der Waals surface area contributed by atoms with Crippen molar-refractivity contribution < 1.29 is 19.8 Å². The summed E-state index contributed by atoms with van der Waals surface area (Å²) in [4.78, 5) is 22.3. The maximum atomic E-state index is 11.5. The van der Waals surface area contributed by atoms with Crippen LogP contribution in [0.3, 0.4) is 0 Å². The van der Waals surface area contributed by atoms with Crippen LogP contribution in [0.1, 0.15) is 73.1 Å². The van der Waals surface area contributed by atoms with Gasteiger partial charge >= 0.3 is 11.9 Å². The lowest BCUT2D eigenvalue weighted by Crippen LogP contribution is -2.31. The average Bonchev–Trinajstić information content (AvgIpc) is 2.22. The molecule has 0 rings (SSSR count). The molecule has 0 aromatic heterocycles. The number of hydrogen-bond acceptors (Lipinski definition) is 2. The number of carbonyl (C=O) groups is 2. The second-order valence-corrected chi connectivity index (χ2v) is 7.22. The van der Waals surface area contributed by atoms with Gasteiger partial charge in [0.2, 0.25) is 0 Å². The second-order valence-electron chi connectivity index (χ2n) is 7.22. The van der Waals surface area contributed by atoms with Gasteiger partial charge in [0.25, 0.3) is 0 Å². The lowest BCUT2D eigenvalue weighted by molar-refractivity contribution is -0.150. The van der Waals surface area contributed by atoms with Gasteiger partial charge in [0.15, 0.2) is 0 Å². The van der Waals surface area contributed by atoms with Crippen LogP contribution in [-0.2, 0) is 9.59 Å². The fourth-order valence-corrected chi connectivity index (χ4v) is 3.13. The maximum Gasteiger partial charge on any atom is 0.309 e. The molecule has 0 aromatic carbocycles. The first-order valence-electron chi connectivity index (χ1n) is 7.47. The first-order chi connectivity index (χ1) is 9.02. The van der Waals surface area contributed by atoms with Crippen LogP contribution in [0, 0.1) is 16.7 Å². The van der Waals surface area contributed by atoms with Crippen LogP contribution in [0.4, 0.5) is 0 Å². The molecule has 0 aliphatic rings. The summed E-state index contributed by atoms with van der Waals surface area (Å²) in [5, 5.41) is 18.4. The van der Waals surface area contributed by atoms with E-state index in [1.165, 1.54) is 0 Å². The first-order valence-corrected chi connectivity index (χ1v) is 7.47. The van der Waals surface area contributed by atoms with Crippen molar-refractivity contribution in [3.05, 3.63) is 0 Å². The van der Waals surface area contributed by atoms with E-state index in [-0.39, 0.29) is 17.8 Å². The molecule has 0 spiro atoms. The van der Waals surface area contributed by atoms with Gasteiger partial charge in [-0.3, -0.25) is 9.59 Å². The SMILES string of the molecule is CCCCC(C)(CC(C)CC(C)(C)CC(=O)O)C(=O)O. The molecule has 0 amide bonds. The van der Waals surface area contributed by atoms with Gasteiger partial charge in [-0.2, -0.15) is 0 Å². The van der Waals surface area contributed by atoms with Crippen molar-refractivity contribution >= 4 is 11.9 Å². The Morgan fingerprint density at radius 3 is 2.05 bits per heavy atom. The smallest absolute Gasteiger partial charge is 0.309 e. The predicted molar refractivity (Wildman–Crippen MR) is 79.7 cm³/mol. The molecule has 0 fully saturated rings. The van der Waals surface area contributed by atoms with Crippen molar-refractivity contribution in [3.63, 3.8) is 0 Å². The lowest BCUT2D eigenvalue weighted by Gasteiger charge is -2.32. The molecular formula is C16H30O4. The van der Waals surface area contributed by atoms with Crippen LogP contribution in [0.5, 0.6) is 0 Å². The van der Waals surface area contributed by atoms with E-state index in [9.17, 15) is 14.7 Å². The third-order valence-electron chi connectivity index (χ3n) is 3.93. The Labute approximate surface area is 122 Å². The lowest BCUT2D eigenvalue weighted by atomic mass is 9.72. The van der Waals surface area contributed by atoms with Crippen LogP contribution in [0.2, 0.25) is 0 Å². The molecule has 2 unspecified atom stereocenters. The van der Waals surface area contributed by atoms with Crippen LogP contribution in [0.25, 0.3) is 0 Å². The summed E-state index contributed by atoms with van der Waals surface area (Å²) in [6.07, 6.45) is 4.04. The molecule has 0 saturated heterocycles. The van der Waals surface area contributed by atoms with Gasteiger partial charge in [-0.05, 0) is 37.5 Å². The normalized spacial score (nSPS) is 16.4. The van der Waals surface area contributed by atoms with Crippen molar-refractivity contribution in [2.75, 3.05) is 0 Å². The van der Waals surface area contributed by atoms with E-state index < -0.39 is 17.4 Å². The summed E-state index contributed by atoms with van der Waals surface area (Å²) in [5.74, 6) is -1.34. The first kappa shape index (κ1) is 18.9. The molecule has 0 heterocycles. The van der Waals surface area contributed by atoms with Gasteiger partial charge in [0, 0.05) is 0 Å². The molecule has 0 radical (unpaired) electrons. The fourth-order valence-electron chi connectivity index (χ4n) is 3.13. The number of carboxylic acid groups (broad SMARTS) is 2. The Morgan fingerprint density at radius 2 is 1.65 bits per heavy atom. The molecule has 0 aliphatic carbocycles. The van der Waals surface area contributed by atoms with Gasteiger partial charge in [-0.15, -0.1) is 0 Å². The van der Waals surface area contributed by atoms with Crippen LogP contribution in [0.15, 0.2) is 0 Å². The molecule has 4 nitrogen and oxygen atoms in total. The Bertz CT molecular complexity index is 335. The summed E-state index contributed by atoms with van der Waals surface area (Å²) in [6.45, 7) is 9.76. The third kappa shape index (κ3) is 6.92. The Kier molecular flexibility index (Phi) is 7.25. The third-order valence-corrected chi connectivity index (χ3v) is 3.93. The topological polar surface area (TPSA) is 74.6 Å². The summed E-state index contributed by atoms with van der Waals surface area (Å²) in [7, 11) is 0. The number of hydrogen-bond donors (Lipinski definition) is 2. The molecule has 0 aliphatic heterocycles. The Hall–Kier alpha value is -1.06. The Morgan fingerprint density at radius 1 is 1.10 bits per heavy atom. The van der Waals surface area contributed by atoms with Crippen molar-refractivity contribution in [2.24, 2.45) is 16.7 Å². The van der Waals surface area contributed by atoms with Crippen molar-refractivity contribution in [2.45, 2.75) is 73.1 Å². The highest BCUT2D eigenvalue weighted by Gasteiger charge is 2.35. The largest absolute Gasteiger partial charge is 0.481 e. The molecule has 20 heavy (non-hydrogen) atoms. The minimum absolute atomic E-state index is 0.121. The molecule has 0 aromatic rings. The van der Waals surface area contributed by atoms with E-state index in [1.807, 2.05) is 27.7 Å². The quantitative estimate of drug-likeness (QED) is 0.631. The molecule has 2 N–H and O–H groups in total. The highest BCUT2D eigenvalue weighted by molar-refractivity contribution is 5.74. The van der Waals surface area contributed by atoms with Gasteiger partial charge < -0.3 is 10.2 Å². The van der Waals surface area contributed by atoms with E-state index in [1.54, 1.807) is 0 Å². The van der Waals surface area contributed by atoms with Crippen molar-refractivity contribution in [3.8, 4) is 0 Å². The molecular weight excluding hydrogens is 256 g/mol. The van der Waals surface area contributed by atoms with Crippen molar-refractivity contribution in [1.29, 1.82) is 0 Å². The predicted octanol–water partition coefficient (Wildman–Crippen LogP) is 4.18. The van der Waals surface area contributed by atoms with Gasteiger partial charge in [0.05, 0.1) is 11.8 Å². The average molecular weight is 286 g/mol. The second kappa shape index (κ2) is 7.65. The van der Waals surface area contributed by atoms with Gasteiger partial charge in [-0.1, -0.05) is 40.5 Å². The molecule has 0 bridgehead atoms. The molecule has 118 valence electrons. The van der Waals surface area contributed by atoms with Crippen molar-refractivity contribution in [1.82, 2.24) is 0 Å². The maximum absolute atomic E-state index is 11.5. The van der Waals surface area contributed by atoms with Crippen LogP contribution in [-0.4, -0.2) is 22.2 Å². The number of rotatable bonds is 10. The summed E-state index contributed by atoms with van der Waals surface area (Å²) >= 11 is 0. The Balaban J connectivity index is 4.64. The van der Waals surface area contributed by atoms with Gasteiger partial charge in [0.1, 0.15) is 0 Å². The fraction of sp³-hybridized carbons (Fsp3) is 0.875. The number of aliphatic carboxylic acids is 2. The van der Waals surface area contributed by atoms with E-state index in [0.717, 1.165) is 19.3 Å². The monoisotopic (exact) mass is 286 g/mol. The molecule has 2 atom stereocenters.